The molecular formula is C43H38N8Y85-4. The normalized spacial score (nSPS) is 6.63. The summed E-state index contributed by atoms with van der Waals surface area (Å²) in [5.74, 6) is 3.62. The molecule has 1 atom stereocenters. The fraction of sp³-hybridized carbons (Fsp3) is 0.256. The molecule has 6 aliphatic heterocycles. The molecule has 0 bridgehead atoms. The van der Waals surface area contributed by atoms with Crippen LogP contribution in [0.3, 0.4) is 0 Å². The van der Waals surface area contributed by atoms with Gasteiger partial charge in [0.2, 0.25) is 0 Å². The standard InChI is InChI=1S/C35H14N8.4C2H6.85Y/c1-17-9-7-15-23-25(17)33-38-29-21-13-5-6-14-22(21)30-39-34-26-18(2)10-8-16-24(26)32-37-28-20-12-4-3-11-19(20)27-36-31(23)42(33)35(40(27)28,41(29)30)43(32)34;4*1-2;;;;;;;;;;;;;;;;;;;;;;;;;;;;;;;;;;;;;;;;;;;;;;;;;;;;;;;;;;;;;;;;;;;;;;;;;;;;;;;;;;;;;/h3-10H,1-2H3;4*1-2H3;;;;;;;;;;;;;;;;;;;;;;;;;;;;;;;;;;;;;;;;;;;;;;;;;;;;;;;;;;;;;;;;;;;;;;;;;;;;;;;;;;;;;/q-4;;;;;;;;;;;;;;;;;;;;;;;;;;;;;;;;;;;;;;;;;;;;;;;;;;;;;;;;;;;;;;;;;;;;;;;;;;;;;;;;;;;;;;;;;. The van der Waals surface area contributed by atoms with E-state index in [9.17, 15) is 0 Å². The summed E-state index contributed by atoms with van der Waals surface area (Å²) in [6.45, 7) is 20.2. The second-order valence-corrected chi connectivity index (χ2v) is 11.5. The molecule has 8 heterocycles. The zero-order valence-electron chi connectivity index (χ0n) is 79.8. The average Bonchev–Trinajstić information content (AvgIpc) is 3.91. The van der Waals surface area contributed by atoms with E-state index in [1.54, 1.807) is 0 Å². The van der Waals surface area contributed by atoms with Crippen LogP contribution in [-0.4, -0.2) is 41.6 Å². The fourth-order valence-corrected chi connectivity index (χ4v) is 7.91. The summed E-state index contributed by atoms with van der Waals surface area (Å²) in [6, 6.07) is 36.6. The molecule has 6 aromatic rings. The Bertz CT molecular complexity index is 2880. The largest absolute Gasteiger partial charge is 0.352 e. The topological polar surface area (TPSA) is 65.3 Å². The van der Waals surface area contributed by atoms with Gasteiger partial charge in [-0.05, 0) is 10.8 Å². The van der Waals surface area contributed by atoms with Crippen LogP contribution in [0.4, 0.5) is 11.6 Å². The molecule has 1 unspecified atom stereocenters. The van der Waals surface area contributed by atoms with Crippen LogP contribution < -0.4 is 11.0 Å². The van der Waals surface area contributed by atoms with Crippen LogP contribution in [0.5, 0.6) is 0 Å². The minimum Gasteiger partial charge on any atom is -0.253 e. The maximum Gasteiger partial charge on any atom is 0.352 e. The van der Waals surface area contributed by atoms with Crippen molar-refractivity contribution >= 4 is 56.5 Å². The van der Waals surface area contributed by atoms with Crippen molar-refractivity contribution in [3.05, 3.63) is 129 Å². The number of amidine groups is 4. The van der Waals surface area contributed by atoms with Gasteiger partial charge in [-0.2, -0.15) is 42.2 Å². The van der Waals surface area contributed by atoms with Crippen LogP contribution in [0.25, 0.3) is 21.5 Å². The Labute approximate surface area is 2970 Å². The number of fused-ring (bicyclic) bond motifs is 12. The summed E-state index contributed by atoms with van der Waals surface area (Å²) in [6.07, 6.45) is 0. The van der Waals surface area contributed by atoms with E-state index in [1.807, 2.05) is 91.8 Å². The number of hydrogen-bond acceptors (Lipinski definition) is 4. The van der Waals surface area contributed by atoms with E-state index < -0.39 is 5.91 Å². The Morgan fingerprint density at radius 1 is 0.191 bits per heavy atom. The van der Waals surface area contributed by atoms with Crippen molar-refractivity contribution in [1.82, 2.24) is 9.13 Å². The van der Waals surface area contributed by atoms with Crippen molar-refractivity contribution in [2.75, 3.05) is 0 Å². The van der Waals surface area contributed by atoms with Crippen LogP contribution in [0.1, 0.15) is 88.8 Å². The third kappa shape index (κ3) is 185. The second-order valence-electron chi connectivity index (χ2n) is 11.5. The molecule has 8 nitrogen and oxygen atoms in total. The molecule has 0 saturated carbocycles. The first kappa shape index (κ1) is 523. The van der Waals surface area contributed by atoms with E-state index in [2.05, 4.69) is 80.7 Å². The number of benzene rings is 4. The molecule has 0 N–H and O–H groups in total. The van der Waals surface area contributed by atoms with Crippen molar-refractivity contribution < 1.29 is 2790 Å². The first-order valence-corrected chi connectivity index (χ1v) is 18.1. The summed E-state index contributed by atoms with van der Waals surface area (Å²) in [4.78, 5) is 21.5. The summed E-state index contributed by atoms with van der Waals surface area (Å²) in [7, 11) is 0. The van der Waals surface area contributed by atoms with Crippen LogP contribution in [0.15, 0.2) is 68.5 Å². The molecule has 0 aliphatic carbocycles. The van der Waals surface area contributed by atoms with Crippen LogP contribution >= 0.6 is 0 Å². The predicted molar refractivity (Wildman–Crippen MR) is 201 cm³/mol. The number of rotatable bonds is 0. The summed E-state index contributed by atoms with van der Waals surface area (Å²) in [5, 5.41) is 3.90. The summed E-state index contributed by atoms with van der Waals surface area (Å²) < 4.78 is 8.98. The second kappa shape index (κ2) is 347. The molecule has 6 aliphatic rings. The molecule has 0 saturated heterocycles. The van der Waals surface area contributed by atoms with Gasteiger partial charge in [-0.3, -0.25) is 9.15 Å². The maximum atomic E-state index is 5.40. The van der Waals surface area contributed by atoms with Crippen molar-refractivity contribution in [2.45, 2.75) is 75.1 Å². The molecule has 85 radical (unpaired) electrons. The molecule has 509 valence electrons. The Balaban J connectivity index is -0.00000000466. The summed E-state index contributed by atoms with van der Waals surface area (Å²) >= 11 is 0. The van der Waals surface area contributed by atoms with Gasteiger partial charge in [0, 0.05) is 2780 Å². The molecule has 1 spiro atoms. The van der Waals surface area contributed by atoms with Gasteiger partial charge in [-0.25, -0.2) is 57.7 Å². The van der Waals surface area contributed by atoms with Gasteiger partial charge in [-0.15, -0.1) is 47.5 Å². The van der Waals surface area contributed by atoms with Crippen LogP contribution in [0.2, 0.25) is 0 Å². The zero-order chi connectivity index (χ0) is 35.9. The third-order valence-electron chi connectivity index (χ3n) is 9.52. The van der Waals surface area contributed by atoms with E-state index in [4.69, 9.17) is 20.0 Å². The Morgan fingerprint density at radius 2 is 0.368 bits per heavy atom. The Hall–Kier alpha value is 88.1. The Morgan fingerprint density at radius 3 is 0.581 bits per heavy atom. The molecule has 0 fully saturated rings. The van der Waals surface area contributed by atoms with Crippen molar-refractivity contribution in [2.24, 2.45) is 20.0 Å². The van der Waals surface area contributed by atoms with Gasteiger partial charge in [0.1, 0.15) is 34.6 Å². The number of aryl methyl sites for hydroxylation is 2. The number of hydrogen-bond donors (Lipinski definition) is 0. The first-order valence-electron chi connectivity index (χ1n) is 18.1. The number of aliphatic imine (C=N–C) groups is 2. The van der Waals surface area contributed by atoms with Crippen molar-refractivity contribution in [3.8, 4) is 0 Å². The molecule has 12 rings (SSSR count). The zero-order valence-corrected chi connectivity index (χ0v) is 321. The van der Waals surface area contributed by atoms with E-state index in [0.29, 0.717) is 0 Å². The average molecular weight is 8220 g/mol. The van der Waals surface area contributed by atoms with Crippen molar-refractivity contribution in [1.29, 1.82) is 0 Å². The van der Waals surface area contributed by atoms with Crippen LogP contribution in [-0.2, 0) is 2790 Å². The molecule has 0 amide bonds. The van der Waals surface area contributed by atoms with E-state index in [-0.39, 0.29) is 2780 Å². The van der Waals surface area contributed by atoms with E-state index in [0.717, 1.165) is 101 Å². The number of aromatic nitrogens is 2. The third-order valence-corrected chi connectivity index (χ3v) is 9.52. The molecule has 4 aromatic carbocycles. The quantitative estimate of drug-likeness (QED) is 0.116. The smallest absolute Gasteiger partial charge is 0.253 e. The number of nitrogens with zero attached hydrogens (tertiary/aromatic N) is 8. The van der Waals surface area contributed by atoms with Gasteiger partial charge < -0.3 is 0 Å². The summed E-state index contributed by atoms with van der Waals surface area (Å²) in [5.41, 5.74) is 7.31. The van der Waals surface area contributed by atoms with Gasteiger partial charge in [0.05, 0.1) is 0 Å². The monoisotopic (exact) mass is 8220 g/mol. The van der Waals surface area contributed by atoms with Gasteiger partial charge in [0.15, 0.2) is 11.3 Å². The predicted octanol–water partition coefficient (Wildman–Crippen LogP) is 7.02. The van der Waals surface area contributed by atoms with E-state index in [1.165, 1.54) is 0 Å². The van der Waals surface area contributed by atoms with E-state index >= 15 is 0 Å². The minimum absolute atomic E-state index is 0. The molecule has 2 aromatic heterocycles. The SMILES string of the molecule is CC.CC.CC.CC.Cc1cc[c-]c2c3n4c(c12)N=C1c2[c-]cc[c-]c2C2=[N+]1C41n4c(c5[c-]ccc(C)c5c4=N2)=NC2=[N+]1C(=N3)c1[c-]cc[c-]c12.[Y].[Y].[Y].[Y].[Y].[Y].[Y].[Y].[Y].[Y].[Y].[Y].[Y].[Y].[Y].[Y].[Y].[Y].[Y].[Y].[Y].[Y].[Y].[Y].[Y].[Y].[Y].[Y].[Y].[Y].[Y].[Y].[Y].[Y].[Y].[Y].[Y].[Y].[Y].[Y].[Y].[Y].[Y].[Y].[Y].[Y].[Y].[Y].[Y].[Y].[Y].[Y].[Y].[Y].[Y].[Y].[Y].[Y].[Y].[Y].[Y].[Y].[Y].[Y].[Y].[Y].[Y].[Y].[Y].[Y].[Y].[Y].[Y].[Y].[Y].[Y].[Y].[Y].[Y].[Y].[Y].[Y].[Y].[Y].[Y]. The fourth-order valence-electron chi connectivity index (χ4n) is 7.91. The molecule has 136 heavy (non-hydrogen) atoms. The van der Waals surface area contributed by atoms with Gasteiger partial charge in [0.25, 0.3) is 0 Å². The first-order chi connectivity index (χ1) is 25.2. The molecule has 93 heteroatoms. The maximum absolute atomic E-state index is 5.40. The Kier molecular flexibility index (Phi) is 1330. The van der Waals surface area contributed by atoms with Crippen LogP contribution in [0, 0.1) is 50.2 Å². The minimum atomic E-state index is -1.06. The molecular weight excluding hydrogens is 8190 g/mol. The van der Waals surface area contributed by atoms with Gasteiger partial charge >= 0.3 is 5.91 Å². The van der Waals surface area contributed by atoms with Gasteiger partial charge in [-0.1, -0.05) is 80.0 Å². The van der Waals surface area contributed by atoms with Crippen molar-refractivity contribution in [3.63, 3.8) is 0 Å².